The van der Waals surface area contributed by atoms with Crippen LogP contribution in [0.4, 0.5) is 5.69 Å². The van der Waals surface area contributed by atoms with Crippen molar-refractivity contribution in [1.29, 1.82) is 0 Å². The van der Waals surface area contributed by atoms with Crippen LogP contribution < -0.4 is 15.2 Å². The van der Waals surface area contributed by atoms with Crippen LogP contribution in [0.5, 0.6) is 11.8 Å². The summed E-state index contributed by atoms with van der Waals surface area (Å²) < 4.78 is 11.1. The maximum absolute atomic E-state index is 6.06. The molecule has 20 heavy (non-hydrogen) atoms. The maximum atomic E-state index is 6.06. The molecule has 2 aromatic rings. The van der Waals surface area contributed by atoms with Gasteiger partial charge in [-0.05, 0) is 19.9 Å². The third kappa shape index (κ3) is 3.51. The molecule has 5 nitrogen and oxygen atoms in total. The van der Waals surface area contributed by atoms with Crippen LogP contribution in [-0.2, 0) is 6.61 Å². The SMILES string of the molecule is CC(C)Oc1ncnc(OCc2ccccc2Cl)c1N. The summed E-state index contributed by atoms with van der Waals surface area (Å²) in [5, 5.41) is 0.638. The molecular formula is C14H16ClN3O2. The molecule has 0 saturated heterocycles. The number of anilines is 1. The topological polar surface area (TPSA) is 70.3 Å². The first-order valence-electron chi connectivity index (χ1n) is 6.21. The van der Waals surface area contributed by atoms with Gasteiger partial charge in [0.05, 0.1) is 6.10 Å². The summed E-state index contributed by atoms with van der Waals surface area (Å²) >= 11 is 6.06. The van der Waals surface area contributed by atoms with Gasteiger partial charge in [0.15, 0.2) is 5.69 Å². The Kier molecular flexibility index (Phi) is 4.63. The second-order valence-electron chi connectivity index (χ2n) is 4.44. The van der Waals surface area contributed by atoms with Crippen LogP contribution in [0, 0.1) is 0 Å². The smallest absolute Gasteiger partial charge is 0.244 e. The highest BCUT2D eigenvalue weighted by Crippen LogP contribution is 2.28. The fourth-order valence-electron chi connectivity index (χ4n) is 1.56. The van der Waals surface area contributed by atoms with E-state index in [2.05, 4.69) is 9.97 Å². The second-order valence-corrected chi connectivity index (χ2v) is 4.85. The Morgan fingerprint density at radius 3 is 2.60 bits per heavy atom. The van der Waals surface area contributed by atoms with Gasteiger partial charge in [-0.3, -0.25) is 0 Å². The number of ether oxygens (including phenoxy) is 2. The molecule has 0 fully saturated rings. The van der Waals surface area contributed by atoms with E-state index in [1.54, 1.807) is 6.07 Å². The molecule has 106 valence electrons. The maximum Gasteiger partial charge on any atom is 0.244 e. The van der Waals surface area contributed by atoms with Crippen LogP contribution in [-0.4, -0.2) is 16.1 Å². The predicted octanol–water partition coefficient (Wildman–Crippen LogP) is 3.08. The molecule has 1 aromatic heterocycles. The molecule has 0 saturated carbocycles. The first-order chi connectivity index (χ1) is 9.58. The van der Waals surface area contributed by atoms with Crippen molar-refractivity contribution in [2.75, 3.05) is 5.73 Å². The summed E-state index contributed by atoms with van der Waals surface area (Å²) in [4.78, 5) is 8.00. The van der Waals surface area contributed by atoms with Crippen molar-refractivity contribution in [3.63, 3.8) is 0 Å². The third-order valence-electron chi connectivity index (χ3n) is 2.48. The lowest BCUT2D eigenvalue weighted by Crippen LogP contribution is -2.10. The Morgan fingerprint density at radius 1 is 1.20 bits per heavy atom. The highest BCUT2D eigenvalue weighted by Gasteiger charge is 2.12. The summed E-state index contributed by atoms with van der Waals surface area (Å²) in [7, 11) is 0. The fourth-order valence-corrected chi connectivity index (χ4v) is 1.75. The van der Waals surface area contributed by atoms with Crippen molar-refractivity contribution in [3.05, 3.63) is 41.2 Å². The first kappa shape index (κ1) is 14.4. The predicted molar refractivity (Wildman–Crippen MR) is 78.0 cm³/mol. The summed E-state index contributed by atoms with van der Waals surface area (Å²) in [5.41, 5.74) is 7.07. The van der Waals surface area contributed by atoms with E-state index in [-0.39, 0.29) is 24.3 Å². The van der Waals surface area contributed by atoms with Crippen molar-refractivity contribution in [2.45, 2.75) is 26.6 Å². The molecule has 0 amide bonds. The summed E-state index contributed by atoms with van der Waals surface area (Å²) in [6.07, 6.45) is 1.33. The lowest BCUT2D eigenvalue weighted by atomic mass is 10.2. The molecule has 0 bridgehead atoms. The van der Waals surface area contributed by atoms with Gasteiger partial charge < -0.3 is 15.2 Å². The highest BCUT2D eigenvalue weighted by atomic mass is 35.5. The van der Waals surface area contributed by atoms with E-state index < -0.39 is 0 Å². The van der Waals surface area contributed by atoms with Gasteiger partial charge in [0.2, 0.25) is 11.8 Å². The average Bonchev–Trinajstić information content (AvgIpc) is 2.41. The average molecular weight is 294 g/mol. The van der Waals surface area contributed by atoms with E-state index in [0.29, 0.717) is 10.9 Å². The van der Waals surface area contributed by atoms with Crippen molar-refractivity contribution >= 4 is 17.3 Å². The summed E-state index contributed by atoms with van der Waals surface area (Å²) in [6, 6.07) is 7.43. The Labute approximate surface area is 122 Å². The highest BCUT2D eigenvalue weighted by molar-refractivity contribution is 6.31. The number of nitrogens with zero attached hydrogens (tertiary/aromatic N) is 2. The van der Waals surface area contributed by atoms with E-state index in [1.165, 1.54) is 6.33 Å². The lowest BCUT2D eigenvalue weighted by Gasteiger charge is -2.13. The Hall–Kier alpha value is -2.01. The minimum atomic E-state index is -0.0244. The van der Waals surface area contributed by atoms with Crippen molar-refractivity contribution in [2.24, 2.45) is 0 Å². The van der Waals surface area contributed by atoms with Gasteiger partial charge in [-0.2, -0.15) is 9.97 Å². The number of halogens is 1. The monoisotopic (exact) mass is 293 g/mol. The largest absolute Gasteiger partial charge is 0.473 e. The minimum absolute atomic E-state index is 0.0244. The Balaban J connectivity index is 2.12. The molecule has 0 atom stereocenters. The van der Waals surface area contributed by atoms with E-state index in [1.807, 2.05) is 32.0 Å². The zero-order valence-electron chi connectivity index (χ0n) is 11.3. The molecule has 0 radical (unpaired) electrons. The Morgan fingerprint density at radius 2 is 1.90 bits per heavy atom. The zero-order valence-corrected chi connectivity index (χ0v) is 12.1. The lowest BCUT2D eigenvalue weighted by molar-refractivity contribution is 0.230. The number of benzene rings is 1. The molecule has 1 heterocycles. The molecular weight excluding hydrogens is 278 g/mol. The van der Waals surface area contributed by atoms with Gasteiger partial charge in [0.1, 0.15) is 12.9 Å². The number of nitrogen functional groups attached to an aromatic ring is 1. The van der Waals surface area contributed by atoms with Crippen LogP contribution in [0.2, 0.25) is 5.02 Å². The van der Waals surface area contributed by atoms with Crippen molar-refractivity contribution < 1.29 is 9.47 Å². The normalized spacial score (nSPS) is 10.6. The molecule has 6 heteroatoms. The van der Waals surface area contributed by atoms with Gasteiger partial charge in [0.25, 0.3) is 0 Å². The standard InChI is InChI=1S/C14H16ClN3O2/c1-9(2)20-14-12(16)13(17-8-18-14)19-7-10-5-3-4-6-11(10)15/h3-6,8-9H,7,16H2,1-2H3. The van der Waals surface area contributed by atoms with Crippen molar-refractivity contribution in [1.82, 2.24) is 9.97 Å². The van der Waals surface area contributed by atoms with Gasteiger partial charge >= 0.3 is 0 Å². The van der Waals surface area contributed by atoms with Crippen LogP contribution in [0.15, 0.2) is 30.6 Å². The van der Waals surface area contributed by atoms with Crippen molar-refractivity contribution in [3.8, 4) is 11.8 Å². The number of hydrogen-bond donors (Lipinski definition) is 1. The van der Waals surface area contributed by atoms with Crippen LogP contribution in [0.3, 0.4) is 0 Å². The fraction of sp³-hybridized carbons (Fsp3) is 0.286. The van der Waals surface area contributed by atoms with Crippen LogP contribution >= 0.6 is 11.6 Å². The molecule has 2 rings (SSSR count). The number of nitrogens with two attached hydrogens (primary N) is 1. The molecule has 0 aliphatic carbocycles. The second kappa shape index (κ2) is 6.43. The van der Waals surface area contributed by atoms with E-state index in [4.69, 9.17) is 26.8 Å². The molecule has 2 N–H and O–H groups in total. The molecule has 0 aliphatic heterocycles. The third-order valence-corrected chi connectivity index (χ3v) is 2.85. The van der Waals surface area contributed by atoms with E-state index >= 15 is 0 Å². The van der Waals surface area contributed by atoms with Crippen LogP contribution in [0.1, 0.15) is 19.4 Å². The Bertz CT molecular complexity index is 590. The molecule has 0 unspecified atom stereocenters. The minimum Gasteiger partial charge on any atom is -0.473 e. The van der Waals surface area contributed by atoms with Crippen LogP contribution in [0.25, 0.3) is 0 Å². The van der Waals surface area contributed by atoms with Gasteiger partial charge in [-0.1, -0.05) is 29.8 Å². The van der Waals surface area contributed by atoms with Gasteiger partial charge in [-0.15, -0.1) is 0 Å². The zero-order chi connectivity index (χ0) is 14.5. The first-order valence-corrected chi connectivity index (χ1v) is 6.59. The number of rotatable bonds is 5. The molecule has 0 spiro atoms. The quantitative estimate of drug-likeness (QED) is 0.917. The summed E-state index contributed by atoms with van der Waals surface area (Å²) in [6.45, 7) is 4.07. The van der Waals surface area contributed by atoms with Gasteiger partial charge in [0, 0.05) is 10.6 Å². The molecule has 1 aromatic carbocycles. The molecule has 0 aliphatic rings. The summed E-state index contributed by atoms with van der Waals surface area (Å²) in [5.74, 6) is 0.611. The van der Waals surface area contributed by atoms with Gasteiger partial charge in [-0.25, -0.2) is 0 Å². The van der Waals surface area contributed by atoms with E-state index in [0.717, 1.165) is 5.56 Å². The number of hydrogen-bond acceptors (Lipinski definition) is 5. The van der Waals surface area contributed by atoms with E-state index in [9.17, 15) is 0 Å². The number of aromatic nitrogens is 2.